The second-order valence-electron chi connectivity index (χ2n) is 19.1. The SMILES string of the molecule is C/C=C/c1ccc2c(c1)C1C=CC(c3ccc(N(c4ccc(-c5ccccc5)cc4)C4C5C=C6C(=CC54)C(C)(C)c4ccccc46)cc3)CC1C2c1cccc(-c2ccccc2)c1. The summed E-state index contributed by atoms with van der Waals surface area (Å²) in [5.74, 6) is 2.50. The maximum Gasteiger partial charge on any atom is 0.0480 e. The molecular weight excluding hydrogens is 759 g/mol. The van der Waals surface area contributed by atoms with Gasteiger partial charge in [0, 0.05) is 52.4 Å². The average molecular weight is 812 g/mol. The Morgan fingerprint density at radius 3 is 1.95 bits per heavy atom. The molecule has 5 aliphatic carbocycles. The minimum absolute atomic E-state index is 0.0100. The van der Waals surface area contributed by atoms with Crippen LogP contribution in [-0.2, 0) is 5.41 Å². The number of benzene rings is 7. The Bertz CT molecular complexity index is 2980. The van der Waals surface area contributed by atoms with E-state index in [-0.39, 0.29) is 5.41 Å². The molecule has 0 aromatic heterocycles. The third-order valence-electron chi connectivity index (χ3n) is 15.3. The van der Waals surface area contributed by atoms with E-state index in [2.05, 4.69) is 238 Å². The summed E-state index contributed by atoms with van der Waals surface area (Å²) < 4.78 is 0. The Morgan fingerprint density at radius 1 is 0.556 bits per heavy atom. The van der Waals surface area contributed by atoms with Gasteiger partial charge in [0.25, 0.3) is 0 Å². The maximum absolute atomic E-state index is 2.65. The van der Waals surface area contributed by atoms with Crippen molar-refractivity contribution in [2.45, 2.75) is 56.4 Å². The van der Waals surface area contributed by atoms with Gasteiger partial charge in [-0.25, -0.2) is 0 Å². The number of hydrogen-bond acceptors (Lipinski definition) is 1. The first kappa shape index (κ1) is 38.0. The Balaban J connectivity index is 0.884. The molecule has 0 radical (unpaired) electrons. The molecule has 0 aliphatic heterocycles. The lowest BCUT2D eigenvalue weighted by molar-refractivity contribution is 0.397. The van der Waals surface area contributed by atoms with E-state index < -0.39 is 0 Å². The van der Waals surface area contributed by atoms with Crippen LogP contribution in [0.15, 0.2) is 212 Å². The van der Waals surface area contributed by atoms with Gasteiger partial charge >= 0.3 is 0 Å². The van der Waals surface area contributed by atoms with E-state index in [0.29, 0.717) is 41.5 Å². The van der Waals surface area contributed by atoms with E-state index in [1.165, 1.54) is 83.7 Å². The van der Waals surface area contributed by atoms with Gasteiger partial charge in [-0.15, -0.1) is 0 Å². The standard InChI is InChI=1S/C62H53N/c1-4-14-40-23-33-52-53(35-40)50-34-28-46(37-55(50)60(52)47-20-13-19-45(36-47)42-17-9-6-10-18-42)44-26-31-49(32-27-44)63(48-29-24-43(25-30-48)41-15-7-5-8-16-41)61-56-38-54-51-21-11-12-22-58(51)62(2,3)59(54)39-57(56)61/h4-36,38-39,46,50,55-57,60-61H,37H2,1-3H3/b14-4+. The van der Waals surface area contributed by atoms with Crippen LogP contribution < -0.4 is 4.90 Å². The quantitative estimate of drug-likeness (QED) is 0.138. The lowest BCUT2D eigenvalue weighted by Crippen LogP contribution is -2.22. The molecule has 12 rings (SSSR count). The summed E-state index contributed by atoms with van der Waals surface area (Å²) in [5, 5.41) is 0. The first-order chi connectivity index (χ1) is 30.9. The largest absolute Gasteiger partial charge is 0.337 e. The molecule has 7 unspecified atom stereocenters. The van der Waals surface area contributed by atoms with Crippen LogP contribution in [-0.4, -0.2) is 6.04 Å². The monoisotopic (exact) mass is 811 g/mol. The molecule has 0 spiro atoms. The highest BCUT2D eigenvalue weighted by Crippen LogP contribution is 2.61. The van der Waals surface area contributed by atoms with Crippen LogP contribution in [0.5, 0.6) is 0 Å². The summed E-state index contributed by atoms with van der Waals surface area (Å²) in [5.41, 5.74) is 20.5. The predicted octanol–water partition coefficient (Wildman–Crippen LogP) is 15.7. The summed E-state index contributed by atoms with van der Waals surface area (Å²) in [6, 6.07) is 66.6. The van der Waals surface area contributed by atoms with Crippen molar-refractivity contribution < 1.29 is 0 Å². The molecule has 1 nitrogen and oxygen atoms in total. The van der Waals surface area contributed by atoms with Gasteiger partial charge in [-0.1, -0.05) is 202 Å². The minimum Gasteiger partial charge on any atom is -0.337 e. The van der Waals surface area contributed by atoms with E-state index in [4.69, 9.17) is 0 Å². The smallest absolute Gasteiger partial charge is 0.0480 e. The molecular formula is C62H53N. The van der Waals surface area contributed by atoms with Crippen molar-refractivity contribution in [3.05, 3.63) is 251 Å². The fourth-order valence-corrected chi connectivity index (χ4v) is 12.2. The average Bonchev–Trinajstić information content (AvgIpc) is 3.86. The predicted molar refractivity (Wildman–Crippen MR) is 264 cm³/mol. The van der Waals surface area contributed by atoms with E-state index in [9.17, 15) is 0 Å². The molecule has 0 heterocycles. The van der Waals surface area contributed by atoms with Gasteiger partial charge in [0.05, 0.1) is 0 Å². The lowest BCUT2D eigenvalue weighted by atomic mass is 9.72. The van der Waals surface area contributed by atoms with E-state index in [1.54, 1.807) is 0 Å². The maximum atomic E-state index is 2.65. The summed E-state index contributed by atoms with van der Waals surface area (Å²) in [7, 11) is 0. The molecule has 1 saturated carbocycles. The molecule has 1 fully saturated rings. The van der Waals surface area contributed by atoms with Gasteiger partial charge in [-0.3, -0.25) is 0 Å². The molecule has 7 atom stereocenters. The molecule has 0 amide bonds. The topological polar surface area (TPSA) is 3.24 Å². The molecule has 1 heteroatoms. The highest BCUT2D eigenvalue weighted by Gasteiger charge is 2.56. The van der Waals surface area contributed by atoms with Gasteiger partial charge in [0.15, 0.2) is 0 Å². The van der Waals surface area contributed by atoms with E-state index in [0.717, 1.165) is 6.42 Å². The van der Waals surface area contributed by atoms with Crippen LogP contribution in [0, 0.1) is 17.8 Å². The van der Waals surface area contributed by atoms with E-state index in [1.807, 2.05) is 0 Å². The number of nitrogens with zero attached hydrogens (tertiary/aromatic N) is 1. The molecule has 0 bridgehead atoms. The fourth-order valence-electron chi connectivity index (χ4n) is 12.2. The van der Waals surface area contributed by atoms with Gasteiger partial charge < -0.3 is 4.90 Å². The Kier molecular flexibility index (Phi) is 9.04. The molecule has 63 heavy (non-hydrogen) atoms. The molecule has 0 saturated heterocycles. The molecule has 306 valence electrons. The van der Waals surface area contributed by atoms with Crippen LogP contribution in [0.4, 0.5) is 11.4 Å². The van der Waals surface area contributed by atoms with Gasteiger partial charge in [0.1, 0.15) is 0 Å². The van der Waals surface area contributed by atoms with Gasteiger partial charge in [-0.2, -0.15) is 0 Å². The van der Waals surface area contributed by atoms with Gasteiger partial charge in [-0.05, 0) is 116 Å². The van der Waals surface area contributed by atoms with Gasteiger partial charge in [0.2, 0.25) is 0 Å². The van der Waals surface area contributed by atoms with E-state index >= 15 is 0 Å². The molecule has 7 aromatic rings. The van der Waals surface area contributed by atoms with Crippen LogP contribution >= 0.6 is 0 Å². The van der Waals surface area contributed by atoms with Crippen molar-refractivity contribution in [3.63, 3.8) is 0 Å². The Hall–Kier alpha value is -6.70. The molecule has 7 aromatic carbocycles. The highest BCUT2D eigenvalue weighted by molar-refractivity contribution is 5.92. The van der Waals surface area contributed by atoms with Crippen molar-refractivity contribution in [1.82, 2.24) is 0 Å². The van der Waals surface area contributed by atoms with Crippen LogP contribution in [0.2, 0.25) is 0 Å². The summed E-state index contributed by atoms with van der Waals surface area (Å²) in [4.78, 5) is 2.65. The first-order valence-corrected chi connectivity index (χ1v) is 23.1. The fraction of sp³-hybridized carbons (Fsp3) is 0.194. The third kappa shape index (κ3) is 6.35. The van der Waals surface area contributed by atoms with Crippen molar-refractivity contribution in [1.29, 1.82) is 0 Å². The van der Waals surface area contributed by atoms with Crippen LogP contribution in [0.3, 0.4) is 0 Å². The zero-order chi connectivity index (χ0) is 42.2. The Labute approximate surface area is 373 Å². The minimum atomic E-state index is 0.0100. The number of anilines is 2. The lowest BCUT2D eigenvalue weighted by Gasteiger charge is -2.32. The number of fused-ring (bicyclic) bond motifs is 7. The third-order valence-corrected chi connectivity index (χ3v) is 15.3. The second-order valence-corrected chi connectivity index (χ2v) is 19.1. The molecule has 0 N–H and O–H groups in total. The van der Waals surface area contributed by atoms with Crippen molar-refractivity contribution in [2.75, 3.05) is 4.90 Å². The zero-order valence-corrected chi connectivity index (χ0v) is 36.4. The number of rotatable bonds is 8. The zero-order valence-electron chi connectivity index (χ0n) is 36.4. The summed E-state index contributed by atoms with van der Waals surface area (Å²) in [6.45, 7) is 6.93. The van der Waals surface area contributed by atoms with Crippen LogP contribution in [0.1, 0.15) is 83.9 Å². The number of allylic oxidation sites excluding steroid dienone is 5. The Morgan fingerprint density at radius 2 is 1.21 bits per heavy atom. The van der Waals surface area contributed by atoms with Crippen LogP contribution in [0.25, 0.3) is 33.9 Å². The summed E-state index contributed by atoms with van der Waals surface area (Å²) >= 11 is 0. The van der Waals surface area contributed by atoms with Crippen molar-refractivity contribution >= 4 is 23.0 Å². The second kappa shape index (κ2) is 15.0. The molecule has 5 aliphatic rings. The highest BCUT2D eigenvalue weighted by atomic mass is 15.2. The normalized spacial score (nSPS) is 24.4. The first-order valence-electron chi connectivity index (χ1n) is 23.1. The van der Waals surface area contributed by atoms with Crippen molar-refractivity contribution in [3.8, 4) is 22.3 Å². The number of hydrogen-bond donors (Lipinski definition) is 0. The summed E-state index contributed by atoms with van der Waals surface area (Å²) in [6.07, 6.45) is 15.9. The van der Waals surface area contributed by atoms with Crippen molar-refractivity contribution in [2.24, 2.45) is 17.8 Å².